The largest absolute Gasteiger partial charge is 0.368 e. The van der Waals surface area contributed by atoms with E-state index in [2.05, 4.69) is 10.1 Å². The quantitative estimate of drug-likeness (QED) is 0.699. The minimum absolute atomic E-state index is 0.327. The Bertz CT molecular complexity index is 656. The van der Waals surface area contributed by atoms with Gasteiger partial charge in [0.1, 0.15) is 5.69 Å². The molecule has 0 spiro atoms. The van der Waals surface area contributed by atoms with Crippen LogP contribution in [0.3, 0.4) is 0 Å². The van der Waals surface area contributed by atoms with Crippen LogP contribution in [-0.4, -0.2) is 10.1 Å². The smallest absolute Gasteiger partial charge is 0.222 e. The monoisotopic (exact) mass is 231 g/mol. The Balaban J connectivity index is 2.30. The van der Waals surface area contributed by atoms with E-state index >= 15 is 0 Å². The van der Waals surface area contributed by atoms with Gasteiger partial charge in [-0.05, 0) is 13.0 Å². The Hall–Kier alpha value is -1.88. The highest BCUT2D eigenvalue weighted by Gasteiger charge is 2.10. The fraction of sp³-hybridized carbons (Fsp3) is 0.0909. The number of aromatic nitrogens is 2. The van der Waals surface area contributed by atoms with Crippen molar-refractivity contribution < 1.29 is 4.52 Å². The molecule has 0 aliphatic carbocycles. The molecule has 0 fully saturated rings. The SMILES string of the molecule is Cc1nc2cccc(-c3cc(N)on3)c2s1. The molecule has 0 aliphatic rings. The van der Waals surface area contributed by atoms with Crippen LogP contribution < -0.4 is 5.73 Å². The summed E-state index contributed by atoms with van der Waals surface area (Å²) in [6.07, 6.45) is 0. The van der Waals surface area contributed by atoms with Gasteiger partial charge in [0.2, 0.25) is 5.88 Å². The summed E-state index contributed by atoms with van der Waals surface area (Å²) in [5, 5.41) is 4.96. The Kier molecular flexibility index (Phi) is 1.94. The molecule has 0 atom stereocenters. The standard InChI is InChI=1S/C11H9N3OS/c1-6-13-8-4-2-3-7(11(8)16-6)9-5-10(12)15-14-9/h2-5H,12H2,1H3. The predicted octanol–water partition coefficient (Wildman–Crippen LogP) is 2.84. The lowest BCUT2D eigenvalue weighted by Crippen LogP contribution is -1.78. The predicted molar refractivity (Wildman–Crippen MR) is 64.3 cm³/mol. The zero-order valence-corrected chi connectivity index (χ0v) is 9.41. The van der Waals surface area contributed by atoms with Crippen LogP contribution in [0.1, 0.15) is 5.01 Å². The maximum Gasteiger partial charge on any atom is 0.222 e. The van der Waals surface area contributed by atoms with Crippen LogP contribution in [0.5, 0.6) is 0 Å². The van der Waals surface area contributed by atoms with Crippen molar-refractivity contribution in [1.29, 1.82) is 0 Å². The Morgan fingerprint density at radius 1 is 1.38 bits per heavy atom. The van der Waals surface area contributed by atoms with Gasteiger partial charge >= 0.3 is 0 Å². The second kappa shape index (κ2) is 3.31. The van der Waals surface area contributed by atoms with Crippen LogP contribution in [0, 0.1) is 6.92 Å². The van der Waals surface area contributed by atoms with Crippen molar-refractivity contribution in [3.05, 3.63) is 29.3 Å². The summed E-state index contributed by atoms with van der Waals surface area (Å²) >= 11 is 1.65. The van der Waals surface area contributed by atoms with Gasteiger partial charge in [0.25, 0.3) is 0 Å². The van der Waals surface area contributed by atoms with E-state index in [0.717, 1.165) is 26.5 Å². The molecule has 1 aromatic carbocycles. The van der Waals surface area contributed by atoms with Crippen molar-refractivity contribution in [3.63, 3.8) is 0 Å². The maximum absolute atomic E-state index is 5.52. The summed E-state index contributed by atoms with van der Waals surface area (Å²) in [4.78, 5) is 4.43. The molecule has 2 N–H and O–H groups in total. The molecule has 0 radical (unpaired) electrons. The van der Waals surface area contributed by atoms with Crippen molar-refractivity contribution in [1.82, 2.24) is 10.1 Å². The lowest BCUT2D eigenvalue weighted by molar-refractivity contribution is 0.439. The lowest BCUT2D eigenvalue weighted by Gasteiger charge is -1.95. The zero-order chi connectivity index (χ0) is 11.1. The van der Waals surface area contributed by atoms with Crippen LogP contribution in [0.2, 0.25) is 0 Å². The van der Waals surface area contributed by atoms with Crippen molar-refractivity contribution in [2.24, 2.45) is 0 Å². The minimum atomic E-state index is 0.327. The number of fused-ring (bicyclic) bond motifs is 1. The minimum Gasteiger partial charge on any atom is -0.368 e. The third-order valence-corrected chi connectivity index (χ3v) is 3.35. The molecule has 16 heavy (non-hydrogen) atoms. The summed E-state index contributed by atoms with van der Waals surface area (Å²) in [5.41, 5.74) is 8.28. The molecule has 5 heteroatoms. The summed E-state index contributed by atoms with van der Waals surface area (Å²) in [6, 6.07) is 7.68. The molecule has 0 aliphatic heterocycles. The normalized spacial score (nSPS) is 11.1. The van der Waals surface area contributed by atoms with Crippen LogP contribution in [0.15, 0.2) is 28.8 Å². The van der Waals surface area contributed by atoms with E-state index < -0.39 is 0 Å². The van der Waals surface area contributed by atoms with E-state index in [1.165, 1.54) is 0 Å². The average Bonchev–Trinajstić information content (AvgIpc) is 2.82. The van der Waals surface area contributed by atoms with Gasteiger partial charge in [-0.1, -0.05) is 17.3 Å². The molecule has 4 nitrogen and oxygen atoms in total. The second-order valence-corrected chi connectivity index (χ2v) is 4.70. The van der Waals surface area contributed by atoms with Gasteiger partial charge in [-0.15, -0.1) is 11.3 Å². The molecule has 3 aromatic rings. The van der Waals surface area contributed by atoms with Gasteiger partial charge in [-0.25, -0.2) is 4.98 Å². The highest BCUT2D eigenvalue weighted by atomic mass is 32.1. The number of hydrogen-bond donors (Lipinski definition) is 1. The Morgan fingerprint density at radius 2 is 2.25 bits per heavy atom. The summed E-state index contributed by atoms with van der Waals surface area (Å²) in [6.45, 7) is 1.99. The third-order valence-electron chi connectivity index (χ3n) is 2.33. The highest BCUT2D eigenvalue weighted by molar-refractivity contribution is 7.19. The van der Waals surface area contributed by atoms with E-state index in [9.17, 15) is 0 Å². The summed E-state index contributed by atoms with van der Waals surface area (Å²) in [7, 11) is 0. The van der Waals surface area contributed by atoms with Crippen molar-refractivity contribution in [2.75, 3.05) is 5.73 Å². The van der Waals surface area contributed by atoms with Gasteiger partial charge < -0.3 is 10.3 Å². The topological polar surface area (TPSA) is 64.9 Å². The molecular weight excluding hydrogens is 222 g/mol. The van der Waals surface area contributed by atoms with E-state index in [1.807, 2.05) is 25.1 Å². The molecule has 2 aromatic heterocycles. The molecule has 3 rings (SSSR count). The number of nitrogen functional groups attached to an aromatic ring is 1. The van der Waals surface area contributed by atoms with Gasteiger partial charge in [0, 0.05) is 11.6 Å². The van der Waals surface area contributed by atoms with Gasteiger partial charge in [-0.2, -0.15) is 0 Å². The van der Waals surface area contributed by atoms with E-state index in [4.69, 9.17) is 10.3 Å². The number of benzene rings is 1. The Morgan fingerprint density at radius 3 is 3.00 bits per heavy atom. The number of nitrogens with zero attached hydrogens (tertiary/aromatic N) is 2. The Labute approximate surface area is 95.7 Å². The van der Waals surface area contributed by atoms with E-state index in [-0.39, 0.29) is 0 Å². The van der Waals surface area contributed by atoms with E-state index in [0.29, 0.717) is 5.88 Å². The first-order valence-electron chi connectivity index (χ1n) is 4.83. The molecule has 80 valence electrons. The second-order valence-electron chi connectivity index (χ2n) is 3.50. The first-order chi connectivity index (χ1) is 7.74. The van der Waals surface area contributed by atoms with Crippen LogP contribution in [0.25, 0.3) is 21.5 Å². The van der Waals surface area contributed by atoms with Crippen molar-refractivity contribution >= 4 is 27.4 Å². The number of aryl methyl sites for hydroxylation is 1. The zero-order valence-electron chi connectivity index (χ0n) is 8.60. The van der Waals surface area contributed by atoms with Crippen molar-refractivity contribution in [2.45, 2.75) is 6.92 Å². The lowest BCUT2D eigenvalue weighted by atomic mass is 10.1. The molecule has 0 saturated carbocycles. The first kappa shape index (κ1) is 9.35. The molecule has 0 unspecified atom stereocenters. The van der Waals surface area contributed by atoms with Gasteiger partial charge in [0.05, 0.1) is 15.2 Å². The molecular formula is C11H9N3OS. The van der Waals surface area contributed by atoms with Crippen LogP contribution >= 0.6 is 11.3 Å². The summed E-state index contributed by atoms with van der Waals surface area (Å²) < 4.78 is 6.01. The number of nitrogens with two attached hydrogens (primary N) is 1. The summed E-state index contributed by atoms with van der Waals surface area (Å²) in [5.74, 6) is 0.327. The molecule has 0 bridgehead atoms. The molecule has 0 amide bonds. The van der Waals surface area contributed by atoms with Crippen LogP contribution in [0.4, 0.5) is 5.88 Å². The first-order valence-corrected chi connectivity index (χ1v) is 5.64. The number of anilines is 1. The average molecular weight is 231 g/mol. The number of thiazole rings is 1. The number of rotatable bonds is 1. The van der Waals surface area contributed by atoms with Gasteiger partial charge in [0.15, 0.2) is 0 Å². The number of hydrogen-bond acceptors (Lipinski definition) is 5. The highest BCUT2D eigenvalue weighted by Crippen LogP contribution is 2.32. The fourth-order valence-electron chi connectivity index (χ4n) is 1.68. The van der Waals surface area contributed by atoms with Crippen molar-refractivity contribution in [3.8, 4) is 11.3 Å². The molecule has 2 heterocycles. The molecule has 0 saturated heterocycles. The third kappa shape index (κ3) is 1.37. The van der Waals surface area contributed by atoms with Gasteiger partial charge in [-0.3, -0.25) is 0 Å². The fourth-order valence-corrected chi connectivity index (χ4v) is 2.62. The maximum atomic E-state index is 5.52. The van der Waals surface area contributed by atoms with Crippen LogP contribution in [-0.2, 0) is 0 Å². The van der Waals surface area contributed by atoms with E-state index in [1.54, 1.807) is 17.4 Å².